The zero-order valence-corrected chi connectivity index (χ0v) is 8.36. The van der Waals surface area contributed by atoms with E-state index in [0.717, 1.165) is 0 Å². The molecule has 2 nitrogen and oxygen atoms in total. The van der Waals surface area contributed by atoms with Crippen LogP contribution < -0.4 is 5.73 Å². The molecule has 1 heterocycles. The van der Waals surface area contributed by atoms with Crippen LogP contribution in [0.3, 0.4) is 0 Å². The van der Waals surface area contributed by atoms with E-state index in [9.17, 15) is 26.3 Å². The number of alkyl halides is 6. The summed E-state index contributed by atoms with van der Waals surface area (Å²) in [6.45, 7) is -0.0778. The van der Waals surface area contributed by atoms with Gasteiger partial charge in [-0.15, -0.1) is 0 Å². The monoisotopic (exact) mass is 258 g/mol. The fraction of sp³-hybridized carbons (Fsp3) is 0.444. The lowest BCUT2D eigenvalue weighted by Crippen LogP contribution is -2.16. The van der Waals surface area contributed by atoms with Crippen molar-refractivity contribution in [3.63, 3.8) is 0 Å². The molecule has 1 aromatic rings. The van der Waals surface area contributed by atoms with Crippen LogP contribution in [0.5, 0.6) is 0 Å². The summed E-state index contributed by atoms with van der Waals surface area (Å²) in [6.07, 6.45) is -9.90. The molecule has 0 spiro atoms. The van der Waals surface area contributed by atoms with Gasteiger partial charge in [0.1, 0.15) is 5.69 Å². The summed E-state index contributed by atoms with van der Waals surface area (Å²) in [5.41, 5.74) is 1.82. The van der Waals surface area contributed by atoms with Gasteiger partial charge in [0, 0.05) is 12.1 Å². The normalized spacial score (nSPS) is 12.9. The Hall–Kier alpha value is -1.31. The van der Waals surface area contributed by atoms with Crippen LogP contribution >= 0.6 is 0 Å². The lowest BCUT2D eigenvalue weighted by molar-refractivity contribution is -0.145. The summed E-state index contributed by atoms with van der Waals surface area (Å²) >= 11 is 0. The summed E-state index contributed by atoms with van der Waals surface area (Å²) in [5, 5.41) is 0. The van der Waals surface area contributed by atoms with Crippen LogP contribution in [0.25, 0.3) is 0 Å². The Labute approximate surface area is 92.4 Å². The van der Waals surface area contributed by atoms with E-state index in [1.807, 2.05) is 0 Å². The second-order valence-corrected chi connectivity index (χ2v) is 3.27. The number of nitrogens with two attached hydrogens (primary N) is 1. The summed E-state index contributed by atoms with van der Waals surface area (Å²) < 4.78 is 74.0. The number of rotatable bonds is 2. The average molecular weight is 258 g/mol. The maximum Gasteiger partial charge on any atom is 0.433 e. The van der Waals surface area contributed by atoms with Crippen LogP contribution in [0.15, 0.2) is 12.1 Å². The van der Waals surface area contributed by atoms with E-state index < -0.39 is 23.6 Å². The first kappa shape index (κ1) is 13.8. The third kappa shape index (κ3) is 3.58. The Balaban J connectivity index is 3.29. The van der Waals surface area contributed by atoms with Crippen LogP contribution in [0.4, 0.5) is 26.3 Å². The maximum atomic E-state index is 12.3. The highest BCUT2D eigenvalue weighted by molar-refractivity contribution is 5.25. The van der Waals surface area contributed by atoms with E-state index in [4.69, 9.17) is 5.73 Å². The van der Waals surface area contributed by atoms with Crippen molar-refractivity contribution < 1.29 is 26.3 Å². The first-order valence-electron chi connectivity index (χ1n) is 4.50. The molecule has 0 saturated heterocycles. The summed E-state index contributed by atoms with van der Waals surface area (Å²) in [5.74, 6) is 0. The van der Waals surface area contributed by atoms with Crippen LogP contribution in [0, 0.1) is 0 Å². The maximum absolute atomic E-state index is 12.3. The van der Waals surface area contributed by atoms with E-state index in [1.165, 1.54) is 0 Å². The minimum atomic E-state index is -4.91. The van der Waals surface area contributed by atoms with Gasteiger partial charge in [-0.25, -0.2) is 4.98 Å². The van der Waals surface area contributed by atoms with Crippen molar-refractivity contribution >= 4 is 0 Å². The minimum Gasteiger partial charge on any atom is -0.330 e. The van der Waals surface area contributed by atoms with E-state index in [0.29, 0.717) is 6.07 Å². The molecule has 0 radical (unpaired) electrons. The number of aromatic nitrogens is 1. The van der Waals surface area contributed by atoms with Crippen molar-refractivity contribution in [3.05, 3.63) is 29.1 Å². The van der Waals surface area contributed by atoms with Gasteiger partial charge in [0.15, 0.2) is 0 Å². The zero-order chi connectivity index (χ0) is 13.3. The smallest absolute Gasteiger partial charge is 0.330 e. The van der Waals surface area contributed by atoms with Crippen molar-refractivity contribution in [2.45, 2.75) is 18.8 Å². The van der Waals surface area contributed by atoms with Gasteiger partial charge in [0.25, 0.3) is 0 Å². The Bertz CT molecular complexity index is 363. The van der Waals surface area contributed by atoms with Crippen LogP contribution in [-0.4, -0.2) is 11.5 Å². The standard InChI is InChI=1S/C9H8F6N2/c10-8(11,12)5-3-6(1-2-16)17-7(4-5)9(13,14)15/h3-4H,1-2,16H2. The average Bonchev–Trinajstić information content (AvgIpc) is 2.15. The Morgan fingerprint density at radius 1 is 1.00 bits per heavy atom. The zero-order valence-electron chi connectivity index (χ0n) is 8.36. The highest BCUT2D eigenvalue weighted by Gasteiger charge is 2.38. The molecule has 0 atom stereocenters. The third-order valence-corrected chi connectivity index (χ3v) is 1.90. The van der Waals surface area contributed by atoms with Crippen LogP contribution in [0.2, 0.25) is 0 Å². The molecular weight excluding hydrogens is 250 g/mol. The van der Waals surface area contributed by atoms with Gasteiger partial charge in [0.2, 0.25) is 0 Å². The topological polar surface area (TPSA) is 38.9 Å². The predicted octanol–water partition coefficient (Wildman–Crippen LogP) is 2.62. The van der Waals surface area contributed by atoms with Crippen molar-refractivity contribution in [1.29, 1.82) is 0 Å². The van der Waals surface area contributed by atoms with E-state index >= 15 is 0 Å². The van der Waals surface area contributed by atoms with Crippen molar-refractivity contribution in [2.75, 3.05) is 6.54 Å². The highest BCUT2D eigenvalue weighted by atomic mass is 19.4. The molecule has 0 aliphatic carbocycles. The lowest BCUT2D eigenvalue weighted by atomic mass is 10.1. The van der Waals surface area contributed by atoms with Gasteiger partial charge in [-0.2, -0.15) is 26.3 Å². The van der Waals surface area contributed by atoms with Crippen LogP contribution in [-0.2, 0) is 18.8 Å². The van der Waals surface area contributed by atoms with Gasteiger partial charge in [-0.3, -0.25) is 0 Å². The molecule has 0 bridgehead atoms. The second-order valence-electron chi connectivity index (χ2n) is 3.27. The van der Waals surface area contributed by atoms with Gasteiger partial charge in [-0.1, -0.05) is 0 Å². The van der Waals surface area contributed by atoms with Crippen LogP contribution in [0.1, 0.15) is 17.0 Å². The van der Waals surface area contributed by atoms with Crippen molar-refractivity contribution in [1.82, 2.24) is 4.98 Å². The molecule has 17 heavy (non-hydrogen) atoms. The highest BCUT2D eigenvalue weighted by Crippen LogP contribution is 2.34. The molecule has 0 aliphatic heterocycles. The SMILES string of the molecule is NCCc1cc(C(F)(F)F)cc(C(F)(F)F)n1. The number of nitrogens with zero attached hydrogens (tertiary/aromatic N) is 1. The first-order valence-corrected chi connectivity index (χ1v) is 4.50. The van der Waals surface area contributed by atoms with Gasteiger partial charge < -0.3 is 5.73 Å². The largest absolute Gasteiger partial charge is 0.433 e. The van der Waals surface area contributed by atoms with Gasteiger partial charge in [-0.05, 0) is 18.7 Å². The quantitative estimate of drug-likeness (QED) is 0.828. The van der Waals surface area contributed by atoms with E-state index in [1.54, 1.807) is 0 Å². The number of hydrogen-bond donors (Lipinski definition) is 1. The molecule has 0 fully saturated rings. The third-order valence-electron chi connectivity index (χ3n) is 1.90. The molecule has 0 aliphatic rings. The molecule has 0 saturated carbocycles. The molecule has 0 aromatic carbocycles. The predicted molar refractivity (Wildman–Crippen MR) is 47.0 cm³/mol. The molecule has 1 rings (SSSR count). The molecule has 2 N–H and O–H groups in total. The Morgan fingerprint density at radius 2 is 1.59 bits per heavy atom. The molecule has 96 valence electrons. The first-order chi connectivity index (χ1) is 7.64. The van der Waals surface area contributed by atoms with E-state index in [2.05, 4.69) is 4.98 Å². The summed E-state index contributed by atoms with van der Waals surface area (Å²) in [7, 11) is 0. The van der Waals surface area contributed by atoms with E-state index in [-0.39, 0.29) is 24.7 Å². The molecule has 0 amide bonds. The minimum absolute atomic E-state index is 0.0139. The molecule has 8 heteroatoms. The number of halogens is 6. The lowest BCUT2D eigenvalue weighted by Gasteiger charge is -2.12. The second kappa shape index (κ2) is 4.52. The molecule has 1 aromatic heterocycles. The summed E-state index contributed by atoms with van der Waals surface area (Å²) in [4.78, 5) is 3.10. The summed E-state index contributed by atoms with van der Waals surface area (Å²) in [6, 6.07) is 0.558. The Morgan fingerprint density at radius 3 is 2.00 bits per heavy atom. The fourth-order valence-corrected chi connectivity index (χ4v) is 1.17. The van der Waals surface area contributed by atoms with Crippen molar-refractivity contribution in [2.24, 2.45) is 5.73 Å². The van der Waals surface area contributed by atoms with Gasteiger partial charge >= 0.3 is 12.4 Å². The van der Waals surface area contributed by atoms with Crippen molar-refractivity contribution in [3.8, 4) is 0 Å². The fourth-order valence-electron chi connectivity index (χ4n) is 1.17. The molecule has 0 unspecified atom stereocenters. The number of hydrogen-bond acceptors (Lipinski definition) is 2. The number of pyridine rings is 1. The van der Waals surface area contributed by atoms with Gasteiger partial charge in [0.05, 0.1) is 5.56 Å². The molecular formula is C9H8F6N2. The Kier molecular flexibility index (Phi) is 3.65.